The highest BCUT2D eigenvalue weighted by molar-refractivity contribution is 7.88. The first-order chi connectivity index (χ1) is 20.1. The SMILES string of the molecule is C=C1Nc2cc(OC)cc(OC)c2C(=O)O1.O=c1c2c(OS(=O)(=O)C(F)(F)F)cc(O)cc2ncn1-c1ccc(O)cc1. The normalized spacial score (nSPS) is 12.8. The smallest absolute Gasteiger partial charge is 0.508 e. The van der Waals surface area contributed by atoms with Crippen LogP contribution in [0.4, 0.5) is 18.9 Å². The Labute approximate surface area is 240 Å². The minimum Gasteiger partial charge on any atom is -0.508 e. The first kappa shape index (κ1) is 30.5. The van der Waals surface area contributed by atoms with E-state index in [2.05, 4.69) is 21.1 Å². The number of phenolic OH excluding ortho intramolecular Hbond substituents is 2. The summed E-state index contributed by atoms with van der Waals surface area (Å²) in [7, 11) is -3.06. The maximum absolute atomic E-state index is 12.7. The zero-order chi connectivity index (χ0) is 31.7. The minimum absolute atomic E-state index is 0.0919. The third kappa shape index (κ3) is 6.25. The Hall–Kier alpha value is -5.45. The molecule has 3 aromatic carbocycles. The van der Waals surface area contributed by atoms with E-state index in [1.54, 1.807) is 12.1 Å². The van der Waals surface area contributed by atoms with Crippen LogP contribution in [0.25, 0.3) is 16.6 Å². The molecule has 0 amide bonds. The van der Waals surface area contributed by atoms with Crippen LogP contribution in [0.15, 0.2) is 72.1 Å². The standard InChI is InChI=1S/C15H9F3N2O6S.C11H11NO4/c16-15(17,18)27(24,25)26-12-6-10(22)5-11-13(12)14(23)20(7-19-11)8-1-3-9(21)4-2-8;1-6-12-8-4-7(14-2)5-9(15-3)10(8)11(13)16-6/h1-7,21-22H;4-5,12H,1H2,2-3H3. The number of cyclic esters (lactones) is 1. The summed E-state index contributed by atoms with van der Waals surface area (Å²) in [5.74, 6) is -1.07. The Morgan fingerprint density at radius 1 is 0.977 bits per heavy atom. The highest BCUT2D eigenvalue weighted by atomic mass is 32.2. The summed E-state index contributed by atoms with van der Waals surface area (Å²) in [5, 5.41) is 21.1. The van der Waals surface area contributed by atoms with Gasteiger partial charge >= 0.3 is 21.6 Å². The number of aromatic hydroxyl groups is 2. The van der Waals surface area contributed by atoms with E-state index in [1.807, 2.05) is 0 Å². The van der Waals surface area contributed by atoms with Crippen LogP contribution >= 0.6 is 0 Å². The van der Waals surface area contributed by atoms with Gasteiger partial charge in [0.05, 0.1) is 31.1 Å². The zero-order valence-electron chi connectivity index (χ0n) is 22.0. The number of esters is 1. The number of nitrogens with one attached hydrogen (secondary N) is 1. The monoisotopic (exact) mass is 623 g/mol. The fraction of sp³-hybridized carbons (Fsp3) is 0.115. The summed E-state index contributed by atoms with van der Waals surface area (Å²) in [4.78, 5) is 28.2. The number of carbonyl (C=O) groups excluding carboxylic acids is 1. The molecule has 13 nitrogen and oxygen atoms in total. The second-order valence-electron chi connectivity index (χ2n) is 8.45. The Morgan fingerprint density at radius 2 is 1.65 bits per heavy atom. The summed E-state index contributed by atoms with van der Waals surface area (Å²) in [6, 6.07) is 10.0. The molecule has 0 bridgehead atoms. The van der Waals surface area contributed by atoms with Crippen LogP contribution in [0.2, 0.25) is 0 Å². The van der Waals surface area contributed by atoms with Crippen LogP contribution in [-0.2, 0) is 14.9 Å². The lowest BCUT2D eigenvalue weighted by Gasteiger charge is -2.21. The van der Waals surface area contributed by atoms with E-state index in [4.69, 9.17) is 14.2 Å². The Morgan fingerprint density at radius 3 is 2.26 bits per heavy atom. The fourth-order valence-corrected chi connectivity index (χ4v) is 4.20. The van der Waals surface area contributed by atoms with Crippen molar-refractivity contribution >= 4 is 32.7 Å². The van der Waals surface area contributed by atoms with Gasteiger partial charge in [-0.05, 0) is 30.8 Å². The lowest BCUT2D eigenvalue weighted by Crippen LogP contribution is -2.29. The van der Waals surface area contributed by atoms with Crippen LogP contribution in [0, 0.1) is 0 Å². The minimum atomic E-state index is -6.08. The molecule has 1 aliphatic heterocycles. The van der Waals surface area contributed by atoms with Crippen LogP contribution in [0.1, 0.15) is 10.4 Å². The molecule has 5 rings (SSSR count). The lowest BCUT2D eigenvalue weighted by molar-refractivity contribution is -0.0499. The van der Waals surface area contributed by atoms with E-state index in [1.165, 1.54) is 38.5 Å². The number of phenols is 2. The van der Waals surface area contributed by atoms with Gasteiger partial charge in [-0.1, -0.05) is 0 Å². The van der Waals surface area contributed by atoms with Gasteiger partial charge in [0.15, 0.2) is 11.6 Å². The van der Waals surface area contributed by atoms with Crippen molar-refractivity contribution in [2.45, 2.75) is 5.51 Å². The van der Waals surface area contributed by atoms with Crippen molar-refractivity contribution < 1.29 is 55.0 Å². The van der Waals surface area contributed by atoms with E-state index >= 15 is 0 Å². The highest BCUT2D eigenvalue weighted by Gasteiger charge is 2.49. The van der Waals surface area contributed by atoms with Crippen molar-refractivity contribution in [1.82, 2.24) is 9.55 Å². The van der Waals surface area contributed by atoms with Crippen molar-refractivity contribution in [2.75, 3.05) is 19.5 Å². The molecule has 0 saturated heterocycles. The Balaban J connectivity index is 0.000000225. The van der Waals surface area contributed by atoms with E-state index < -0.39 is 44.0 Å². The van der Waals surface area contributed by atoms with Crippen LogP contribution in [0.3, 0.4) is 0 Å². The molecule has 0 radical (unpaired) electrons. The molecular weight excluding hydrogens is 603 g/mol. The summed E-state index contributed by atoms with van der Waals surface area (Å²) in [6.07, 6.45) is 1.03. The summed E-state index contributed by atoms with van der Waals surface area (Å²) >= 11 is 0. The molecule has 0 saturated carbocycles. The molecule has 0 unspecified atom stereocenters. The molecule has 226 valence electrons. The summed E-state index contributed by atoms with van der Waals surface area (Å²) < 4.78 is 80.4. The van der Waals surface area contributed by atoms with E-state index in [9.17, 15) is 41.4 Å². The van der Waals surface area contributed by atoms with Crippen LogP contribution < -0.4 is 24.5 Å². The number of halogens is 3. The molecule has 0 fully saturated rings. The number of benzene rings is 3. The number of anilines is 1. The van der Waals surface area contributed by atoms with E-state index in [-0.39, 0.29) is 22.8 Å². The lowest BCUT2D eigenvalue weighted by atomic mass is 10.1. The molecule has 0 spiro atoms. The predicted octanol–water partition coefficient (Wildman–Crippen LogP) is 3.78. The van der Waals surface area contributed by atoms with E-state index in [0.717, 1.165) is 17.0 Å². The number of methoxy groups -OCH3 is 2. The number of alkyl halides is 3. The second-order valence-corrected chi connectivity index (χ2v) is 9.99. The van der Waals surface area contributed by atoms with Gasteiger partial charge < -0.3 is 33.9 Å². The molecule has 43 heavy (non-hydrogen) atoms. The van der Waals surface area contributed by atoms with Crippen molar-refractivity contribution in [3.63, 3.8) is 0 Å². The van der Waals surface area contributed by atoms with Gasteiger partial charge in [-0.3, -0.25) is 9.36 Å². The molecule has 17 heteroatoms. The number of hydrogen-bond acceptors (Lipinski definition) is 12. The molecule has 1 aliphatic rings. The predicted molar refractivity (Wildman–Crippen MR) is 144 cm³/mol. The molecule has 0 atom stereocenters. The number of aromatic nitrogens is 2. The van der Waals surface area contributed by atoms with Crippen LogP contribution in [0.5, 0.6) is 28.7 Å². The molecule has 3 N–H and O–H groups in total. The van der Waals surface area contributed by atoms with Crippen LogP contribution in [-0.4, -0.2) is 53.9 Å². The number of carbonyl (C=O) groups is 1. The first-order valence-electron chi connectivity index (χ1n) is 11.6. The average molecular weight is 624 g/mol. The molecule has 0 aliphatic carbocycles. The quantitative estimate of drug-likeness (QED) is 0.167. The van der Waals surface area contributed by atoms with Gasteiger partial charge in [0.1, 0.15) is 40.3 Å². The number of rotatable bonds is 5. The summed E-state index contributed by atoms with van der Waals surface area (Å²) in [5.41, 5.74) is -5.85. The van der Waals surface area contributed by atoms with Gasteiger partial charge in [0.25, 0.3) is 5.56 Å². The maximum atomic E-state index is 12.7. The first-order valence-corrected chi connectivity index (χ1v) is 13.0. The Bertz CT molecular complexity index is 1910. The van der Waals surface area contributed by atoms with Gasteiger partial charge in [0, 0.05) is 24.3 Å². The maximum Gasteiger partial charge on any atom is 0.534 e. The molecular formula is C26H20F3N3O10S. The molecule has 1 aromatic heterocycles. The topological polar surface area (TPSA) is 176 Å². The van der Waals surface area contributed by atoms with E-state index in [0.29, 0.717) is 28.8 Å². The average Bonchev–Trinajstić information content (AvgIpc) is 2.92. The number of hydrogen-bond donors (Lipinski definition) is 3. The zero-order valence-corrected chi connectivity index (χ0v) is 22.8. The summed E-state index contributed by atoms with van der Waals surface area (Å²) in [6.45, 7) is 3.54. The van der Waals surface area contributed by atoms with Crippen molar-refractivity contribution in [1.29, 1.82) is 0 Å². The van der Waals surface area contributed by atoms with Crippen molar-refractivity contribution in [2.24, 2.45) is 0 Å². The number of ether oxygens (including phenoxy) is 3. The molecule has 2 heterocycles. The third-order valence-corrected chi connectivity index (χ3v) is 6.61. The third-order valence-electron chi connectivity index (χ3n) is 5.65. The second kappa shape index (κ2) is 11.4. The van der Waals surface area contributed by atoms with Crippen molar-refractivity contribution in [3.8, 4) is 34.4 Å². The largest absolute Gasteiger partial charge is 0.534 e. The number of nitrogens with zero attached hydrogens (tertiary/aromatic N) is 2. The fourth-order valence-electron chi connectivity index (χ4n) is 3.74. The highest BCUT2D eigenvalue weighted by Crippen LogP contribution is 2.36. The van der Waals surface area contributed by atoms with Gasteiger partial charge in [0.2, 0.25) is 0 Å². The number of fused-ring (bicyclic) bond motifs is 2. The van der Waals surface area contributed by atoms with Gasteiger partial charge in [-0.2, -0.15) is 21.6 Å². The van der Waals surface area contributed by atoms with Gasteiger partial charge in [-0.15, -0.1) is 0 Å². The Kier molecular flexibility index (Phi) is 8.11. The van der Waals surface area contributed by atoms with Crippen molar-refractivity contribution in [3.05, 3.63) is 83.2 Å². The molecule has 4 aromatic rings. The van der Waals surface area contributed by atoms with Gasteiger partial charge in [-0.25, -0.2) is 9.78 Å².